The minimum atomic E-state index is -2.37. The van der Waals surface area contributed by atoms with Gasteiger partial charge in [-0.05, 0) is 38.0 Å². The molecule has 0 spiro atoms. The van der Waals surface area contributed by atoms with E-state index in [0.29, 0.717) is 19.3 Å². The summed E-state index contributed by atoms with van der Waals surface area (Å²) in [6.07, 6.45) is -0.243. The van der Waals surface area contributed by atoms with Gasteiger partial charge >= 0.3 is 0 Å². The molecule has 1 saturated heterocycles. The number of ketones is 2. The molecule has 7 atom stereocenters. The number of fused-ring (bicyclic) bond motifs is 3. The average molecular weight is 931 g/mol. The number of allylic oxidation sites excluding steroid dienone is 2. The number of nitrogens with zero attached hydrogens (tertiary/aromatic N) is 3. The molecule has 2 aliphatic heterocycles. The van der Waals surface area contributed by atoms with Crippen molar-refractivity contribution >= 4 is 40.9 Å². The molecular formula is C45H50N6O16. The Morgan fingerprint density at radius 2 is 1.73 bits per heavy atom. The van der Waals surface area contributed by atoms with Gasteiger partial charge in [0.15, 0.2) is 12.1 Å². The highest BCUT2D eigenvalue weighted by atomic mass is 16.7. The van der Waals surface area contributed by atoms with Crippen molar-refractivity contribution in [2.24, 2.45) is 10.8 Å². The molecule has 9 N–H and O–H groups in total. The van der Waals surface area contributed by atoms with Gasteiger partial charge in [-0.15, -0.1) is 0 Å². The van der Waals surface area contributed by atoms with Gasteiger partial charge in [-0.25, -0.2) is 5.43 Å². The van der Waals surface area contributed by atoms with E-state index in [-0.39, 0.29) is 53.1 Å². The fourth-order valence-corrected chi connectivity index (χ4v) is 9.16. The van der Waals surface area contributed by atoms with Crippen LogP contribution in [0.15, 0.2) is 58.9 Å². The molecule has 0 bridgehead atoms. The number of nitro groups is 1. The van der Waals surface area contributed by atoms with E-state index < -0.39 is 142 Å². The SMILES string of the molecule is COc1cccc2c1C(=O)c1c(O)c3c(c(O)c1C2=O)C[C@@](O)(/C(CO)=N/NC(=O)C1=CC=C(NC(=O)CCCCCN2C(=O)C=CC2=O)CC1(C)[N+](=O)[O-])C[C@@H]3O[C@H]1C[C@H](N)[C@H](O)[C@H](C)O1. The fourth-order valence-electron chi connectivity index (χ4n) is 9.16. The van der Waals surface area contributed by atoms with Crippen molar-refractivity contribution in [2.75, 3.05) is 20.3 Å². The number of hydrogen-bond acceptors (Lipinski definition) is 18. The van der Waals surface area contributed by atoms with Gasteiger partial charge < -0.3 is 50.8 Å². The lowest BCUT2D eigenvalue weighted by molar-refractivity contribution is -0.552. The Labute approximate surface area is 381 Å². The summed E-state index contributed by atoms with van der Waals surface area (Å²) in [4.78, 5) is 91.0. The zero-order valence-electron chi connectivity index (χ0n) is 36.6. The zero-order valence-corrected chi connectivity index (χ0v) is 36.6. The standard InChI is InChI=1S/C45H50N6O16/c1-21-38(56)26(46)16-33(66-21)67-28-19-45(62,18-24-35(28)42(60)37-36(40(24)58)39(57)23-8-7-9-27(65-3)34(23)41(37)59)29(20-52)48-49-43(61)25-12-11-22(17-44(25,2)51(63)64)47-30(53)10-5-4-6-15-50-31(54)13-14-32(50)55/h7-9,11-14,21,26,28,33,38,52,56,58,60,62H,4-6,10,15-20,46H2,1-3H3,(H,47,53)(H,49,61)/b48-29+/t21-,26-,28-,33-,38+,44?,45-/m0/s1. The number of aromatic hydroxyl groups is 2. The van der Waals surface area contributed by atoms with E-state index in [2.05, 4.69) is 15.8 Å². The summed E-state index contributed by atoms with van der Waals surface area (Å²) in [5.41, 5.74) is 1.09. The van der Waals surface area contributed by atoms with E-state index in [9.17, 15) is 64.4 Å². The van der Waals surface area contributed by atoms with E-state index in [1.54, 1.807) is 0 Å². The molecule has 3 aliphatic carbocycles. The molecule has 2 aromatic carbocycles. The zero-order chi connectivity index (χ0) is 48.7. The number of aliphatic hydroxyl groups excluding tert-OH is 2. The fraction of sp³-hybridized carbons (Fsp3) is 0.444. The van der Waals surface area contributed by atoms with Crippen molar-refractivity contribution in [3.63, 3.8) is 0 Å². The summed E-state index contributed by atoms with van der Waals surface area (Å²) in [6, 6.07) is 3.39. The molecule has 22 nitrogen and oxygen atoms in total. The third kappa shape index (κ3) is 8.98. The molecule has 4 amide bonds. The second-order valence-electron chi connectivity index (χ2n) is 17.2. The van der Waals surface area contributed by atoms with Crippen LogP contribution >= 0.6 is 0 Å². The summed E-state index contributed by atoms with van der Waals surface area (Å²) in [5, 5.41) is 76.5. The van der Waals surface area contributed by atoms with Crippen LogP contribution in [-0.4, -0.2) is 132 Å². The Bertz CT molecular complexity index is 2560. The number of aliphatic hydroxyl groups is 3. The molecule has 5 aliphatic rings. The Morgan fingerprint density at radius 3 is 2.39 bits per heavy atom. The van der Waals surface area contributed by atoms with Crippen molar-refractivity contribution < 1.29 is 73.4 Å². The van der Waals surface area contributed by atoms with Gasteiger partial charge in [-0.2, -0.15) is 5.10 Å². The molecule has 67 heavy (non-hydrogen) atoms. The lowest BCUT2D eigenvalue weighted by Gasteiger charge is -2.43. The van der Waals surface area contributed by atoms with Crippen LogP contribution < -0.4 is 21.2 Å². The third-order valence-corrected chi connectivity index (χ3v) is 12.8. The molecule has 0 saturated carbocycles. The molecule has 1 fully saturated rings. The van der Waals surface area contributed by atoms with Crippen LogP contribution in [0.5, 0.6) is 17.2 Å². The minimum absolute atomic E-state index is 0.0281. The van der Waals surface area contributed by atoms with Gasteiger partial charge in [-0.3, -0.25) is 43.8 Å². The average Bonchev–Trinajstić information content (AvgIpc) is 3.60. The third-order valence-electron chi connectivity index (χ3n) is 12.8. The first kappa shape index (κ1) is 48.2. The Hall–Kier alpha value is -6.69. The molecular weight excluding hydrogens is 881 g/mol. The van der Waals surface area contributed by atoms with Crippen molar-refractivity contribution in [3.05, 3.63) is 97.3 Å². The van der Waals surface area contributed by atoms with E-state index in [1.165, 1.54) is 50.5 Å². The summed E-state index contributed by atoms with van der Waals surface area (Å²) in [6.45, 7) is 1.84. The Morgan fingerprint density at radius 1 is 1.03 bits per heavy atom. The van der Waals surface area contributed by atoms with Crippen LogP contribution in [0.25, 0.3) is 0 Å². The molecule has 356 valence electrons. The van der Waals surface area contributed by atoms with E-state index in [1.807, 2.05) is 0 Å². The number of phenols is 2. The monoisotopic (exact) mass is 930 g/mol. The number of ether oxygens (including phenoxy) is 3. The number of nitrogens with one attached hydrogen (secondary N) is 2. The predicted molar refractivity (Wildman–Crippen MR) is 231 cm³/mol. The first-order chi connectivity index (χ1) is 31.7. The molecule has 2 heterocycles. The van der Waals surface area contributed by atoms with E-state index in [4.69, 9.17) is 19.9 Å². The number of hydrazone groups is 1. The molecule has 0 radical (unpaired) electrons. The van der Waals surface area contributed by atoms with Crippen molar-refractivity contribution in [2.45, 2.75) is 107 Å². The topological polar surface area (TPSA) is 340 Å². The van der Waals surface area contributed by atoms with Gasteiger partial charge in [0.05, 0.1) is 66.4 Å². The summed E-state index contributed by atoms with van der Waals surface area (Å²) in [7, 11) is 1.29. The maximum atomic E-state index is 14.1. The maximum Gasteiger partial charge on any atom is 0.274 e. The van der Waals surface area contributed by atoms with Crippen LogP contribution in [0.3, 0.4) is 0 Å². The number of phenolic OH excluding ortho intramolecular Hbond substituents is 2. The van der Waals surface area contributed by atoms with Crippen molar-refractivity contribution in [1.82, 2.24) is 15.6 Å². The van der Waals surface area contributed by atoms with E-state index in [0.717, 1.165) is 17.9 Å². The van der Waals surface area contributed by atoms with Gasteiger partial charge in [0.25, 0.3) is 23.3 Å². The number of carbonyl (C=O) groups excluding carboxylic acids is 6. The van der Waals surface area contributed by atoms with Crippen molar-refractivity contribution in [3.8, 4) is 17.2 Å². The van der Waals surface area contributed by atoms with Gasteiger partial charge in [0, 0.05) is 84.7 Å². The number of imide groups is 1. The molecule has 22 heteroatoms. The van der Waals surface area contributed by atoms with Crippen molar-refractivity contribution in [1.29, 1.82) is 0 Å². The number of benzene rings is 2. The smallest absolute Gasteiger partial charge is 0.274 e. The number of amides is 4. The van der Waals surface area contributed by atoms with Gasteiger partial charge in [0.1, 0.15) is 22.8 Å². The highest BCUT2D eigenvalue weighted by Gasteiger charge is 2.51. The lowest BCUT2D eigenvalue weighted by Crippen LogP contribution is -2.53. The first-order valence-corrected chi connectivity index (χ1v) is 21.5. The second-order valence-corrected chi connectivity index (χ2v) is 17.2. The predicted octanol–water partition coefficient (Wildman–Crippen LogP) is 0.755. The number of unbranched alkanes of at least 4 members (excludes halogenated alkanes) is 2. The first-order valence-electron chi connectivity index (χ1n) is 21.5. The number of methoxy groups -OCH3 is 1. The quantitative estimate of drug-likeness (QED) is 0.0260. The maximum absolute atomic E-state index is 14.1. The highest BCUT2D eigenvalue weighted by Crippen LogP contribution is 2.52. The van der Waals surface area contributed by atoms with Crippen LogP contribution in [0, 0.1) is 10.1 Å². The second kappa shape index (κ2) is 18.9. The highest BCUT2D eigenvalue weighted by molar-refractivity contribution is 6.31. The number of carbonyl (C=O) groups is 6. The van der Waals surface area contributed by atoms with Crippen LogP contribution in [0.1, 0.15) is 108 Å². The summed E-state index contributed by atoms with van der Waals surface area (Å²) < 4.78 is 17.5. The minimum Gasteiger partial charge on any atom is -0.507 e. The molecule has 1 unspecified atom stereocenters. The Kier molecular flexibility index (Phi) is 13.6. The lowest BCUT2D eigenvalue weighted by atomic mass is 9.71. The van der Waals surface area contributed by atoms with E-state index >= 15 is 0 Å². The largest absolute Gasteiger partial charge is 0.507 e. The number of nitrogens with two attached hydrogens (primary N) is 1. The number of rotatable bonds is 15. The van der Waals surface area contributed by atoms with Gasteiger partial charge in [0.2, 0.25) is 11.7 Å². The number of hydrogen-bond donors (Lipinski definition) is 8. The molecule has 7 rings (SSSR count). The summed E-state index contributed by atoms with van der Waals surface area (Å²) in [5.74, 6) is -5.63. The molecule has 0 aromatic heterocycles. The summed E-state index contributed by atoms with van der Waals surface area (Å²) >= 11 is 0. The Balaban J connectivity index is 1.14. The molecule has 2 aromatic rings. The van der Waals surface area contributed by atoms with Crippen LogP contribution in [0.4, 0.5) is 0 Å². The normalized spacial score (nSPS) is 26.9. The van der Waals surface area contributed by atoms with Gasteiger partial charge in [-0.1, -0.05) is 18.6 Å². The van der Waals surface area contributed by atoms with Crippen LogP contribution in [0.2, 0.25) is 0 Å². The van der Waals surface area contributed by atoms with Crippen LogP contribution in [-0.2, 0) is 35.1 Å².